The number of aliphatic hydroxyl groups excluding tert-OH is 1. The summed E-state index contributed by atoms with van der Waals surface area (Å²) >= 11 is 0. The van der Waals surface area contributed by atoms with Crippen LogP contribution in [0.25, 0.3) is 10.9 Å². The van der Waals surface area contributed by atoms with Crippen molar-refractivity contribution in [1.82, 2.24) is 9.78 Å². The highest BCUT2D eigenvalue weighted by molar-refractivity contribution is 5.81. The monoisotopic (exact) mass is 276 g/mol. The van der Waals surface area contributed by atoms with Crippen LogP contribution in [0.3, 0.4) is 0 Å². The number of aromatic nitrogens is 2. The lowest BCUT2D eigenvalue weighted by molar-refractivity contribution is -0.0484. The van der Waals surface area contributed by atoms with Crippen LogP contribution in [0.4, 0.5) is 0 Å². The SMILES string of the molecule is CCn1nc(CC(O)COC(C)(C)C)c2ccccc21. The topological polar surface area (TPSA) is 47.3 Å². The molecule has 110 valence electrons. The first kappa shape index (κ1) is 15.0. The van der Waals surface area contributed by atoms with Crippen molar-refractivity contribution < 1.29 is 9.84 Å². The van der Waals surface area contributed by atoms with Gasteiger partial charge in [0.1, 0.15) is 0 Å². The Hall–Kier alpha value is -1.39. The van der Waals surface area contributed by atoms with Gasteiger partial charge in [-0.3, -0.25) is 4.68 Å². The minimum atomic E-state index is -0.530. The van der Waals surface area contributed by atoms with Crippen LogP contribution in [0.1, 0.15) is 33.4 Å². The number of fused-ring (bicyclic) bond motifs is 1. The Balaban J connectivity index is 2.13. The Morgan fingerprint density at radius 1 is 1.30 bits per heavy atom. The summed E-state index contributed by atoms with van der Waals surface area (Å²) in [7, 11) is 0. The highest BCUT2D eigenvalue weighted by atomic mass is 16.5. The first-order valence-electron chi connectivity index (χ1n) is 7.17. The predicted molar refractivity (Wildman–Crippen MR) is 80.8 cm³/mol. The molecule has 4 nitrogen and oxygen atoms in total. The van der Waals surface area contributed by atoms with E-state index in [0.717, 1.165) is 23.1 Å². The van der Waals surface area contributed by atoms with Gasteiger partial charge < -0.3 is 9.84 Å². The van der Waals surface area contributed by atoms with Crippen LogP contribution in [-0.4, -0.2) is 33.2 Å². The molecule has 1 aromatic carbocycles. The van der Waals surface area contributed by atoms with Crippen LogP contribution in [0.15, 0.2) is 24.3 Å². The molecule has 0 aliphatic carbocycles. The van der Waals surface area contributed by atoms with Gasteiger partial charge in [-0.25, -0.2) is 0 Å². The number of nitrogens with zero attached hydrogens (tertiary/aromatic N) is 2. The van der Waals surface area contributed by atoms with Crippen molar-refractivity contribution in [2.24, 2.45) is 0 Å². The fourth-order valence-corrected chi connectivity index (χ4v) is 2.22. The Bertz CT molecular complexity index is 569. The second-order valence-electron chi connectivity index (χ2n) is 6.06. The van der Waals surface area contributed by atoms with E-state index < -0.39 is 6.10 Å². The highest BCUT2D eigenvalue weighted by Crippen LogP contribution is 2.20. The first-order chi connectivity index (χ1) is 9.40. The third kappa shape index (κ3) is 3.58. The van der Waals surface area contributed by atoms with E-state index in [4.69, 9.17) is 4.74 Å². The van der Waals surface area contributed by atoms with Gasteiger partial charge in [0.25, 0.3) is 0 Å². The fraction of sp³-hybridized carbons (Fsp3) is 0.562. The van der Waals surface area contributed by atoms with Crippen LogP contribution < -0.4 is 0 Å². The molecule has 0 saturated heterocycles. The highest BCUT2D eigenvalue weighted by Gasteiger charge is 2.17. The maximum Gasteiger partial charge on any atom is 0.0830 e. The van der Waals surface area contributed by atoms with Crippen molar-refractivity contribution in [1.29, 1.82) is 0 Å². The number of para-hydroxylation sites is 1. The average Bonchev–Trinajstić information content (AvgIpc) is 2.74. The molecular formula is C16H24N2O2. The average molecular weight is 276 g/mol. The number of benzene rings is 1. The molecule has 0 spiro atoms. The van der Waals surface area contributed by atoms with E-state index >= 15 is 0 Å². The zero-order chi connectivity index (χ0) is 14.8. The van der Waals surface area contributed by atoms with Crippen LogP contribution >= 0.6 is 0 Å². The predicted octanol–water partition coefficient (Wildman–Crippen LogP) is 2.77. The van der Waals surface area contributed by atoms with Crippen molar-refractivity contribution in [2.45, 2.75) is 52.4 Å². The summed E-state index contributed by atoms with van der Waals surface area (Å²) in [6, 6.07) is 8.14. The van der Waals surface area contributed by atoms with E-state index in [0.29, 0.717) is 13.0 Å². The normalized spacial score (nSPS) is 13.8. The lowest BCUT2D eigenvalue weighted by atomic mass is 10.1. The van der Waals surface area contributed by atoms with Crippen LogP contribution in [0.2, 0.25) is 0 Å². The van der Waals surface area contributed by atoms with Gasteiger partial charge in [0.05, 0.1) is 29.5 Å². The van der Waals surface area contributed by atoms with Crippen molar-refractivity contribution in [3.8, 4) is 0 Å². The van der Waals surface area contributed by atoms with Crippen molar-refractivity contribution in [3.63, 3.8) is 0 Å². The molecule has 0 bridgehead atoms. The van der Waals surface area contributed by atoms with E-state index in [2.05, 4.69) is 24.2 Å². The van der Waals surface area contributed by atoms with Gasteiger partial charge in [0, 0.05) is 18.4 Å². The minimum absolute atomic E-state index is 0.230. The Morgan fingerprint density at radius 2 is 2.00 bits per heavy atom. The number of ether oxygens (including phenoxy) is 1. The zero-order valence-corrected chi connectivity index (χ0v) is 12.8. The lowest BCUT2D eigenvalue weighted by Crippen LogP contribution is -2.27. The number of aryl methyl sites for hydroxylation is 1. The number of aliphatic hydroxyl groups is 1. The second-order valence-corrected chi connectivity index (χ2v) is 6.06. The summed E-state index contributed by atoms with van der Waals surface area (Å²) in [5.41, 5.74) is 1.83. The van der Waals surface area contributed by atoms with Crippen molar-refractivity contribution in [2.75, 3.05) is 6.61 Å². The van der Waals surface area contributed by atoms with E-state index in [1.165, 1.54) is 0 Å². The molecule has 1 N–H and O–H groups in total. The molecule has 4 heteroatoms. The van der Waals surface area contributed by atoms with E-state index in [-0.39, 0.29) is 5.60 Å². The summed E-state index contributed by atoms with van der Waals surface area (Å²) in [6.07, 6.45) is -0.0123. The van der Waals surface area contributed by atoms with Gasteiger partial charge in [0.15, 0.2) is 0 Å². The first-order valence-corrected chi connectivity index (χ1v) is 7.17. The quantitative estimate of drug-likeness (QED) is 0.913. The number of rotatable bonds is 5. The van der Waals surface area contributed by atoms with E-state index in [9.17, 15) is 5.11 Å². The largest absolute Gasteiger partial charge is 0.390 e. The standard InChI is InChI=1S/C16H24N2O2/c1-5-18-15-9-7-6-8-13(15)14(17-18)10-12(19)11-20-16(2,3)4/h6-9,12,19H,5,10-11H2,1-4H3. The van der Waals surface area contributed by atoms with Crippen LogP contribution in [0.5, 0.6) is 0 Å². The fourth-order valence-electron chi connectivity index (χ4n) is 2.22. The molecular weight excluding hydrogens is 252 g/mol. The van der Waals surface area contributed by atoms with Crippen molar-refractivity contribution in [3.05, 3.63) is 30.0 Å². The Morgan fingerprint density at radius 3 is 2.65 bits per heavy atom. The minimum Gasteiger partial charge on any atom is -0.390 e. The molecule has 0 aliphatic rings. The lowest BCUT2D eigenvalue weighted by Gasteiger charge is -2.21. The summed E-state index contributed by atoms with van der Waals surface area (Å²) in [4.78, 5) is 0. The second kappa shape index (κ2) is 5.94. The van der Waals surface area contributed by atoms with Gasteiger partial charge in [-0.15, -0.1) is 0 Å². The smallest absolute Gasteiger partial charge is 0.0830 e. The van der Waals surface area contributed by atoms with Gasteiger partial charge >= 0.3 is 0 Å². The van der Waals surface area contributed by atoms with Crippen LogP contribution in [-0.2, 0) is 17.7 Å². The number of hydrogen-bond donors (Lipinski definition) is 1. The van der Waals surface area contributed by atoms with Crippen LogP contribution in [0, 0.1) is 0 Å². The van der Waals surface area contributed by atoms with E-state index in [1.54, 1.807) is 0 Å². The third-order valence-corrected chi connectivity index (χ3v) is 3.17. The van der Waals surface area contributed by atoms with Gasteiger partial charge in [-0.05, 0) is 33.8 Å². The molecule has 1 unspecified atom stereocenters. The van der Waals surface area contributed by atoms with Gasteiger partial charge in [-0.2, -0.15) is 5.10 Å². The number of hydrogen-bond acceptors (Lipinski definition) is 3. The summed E-state index contributed by atoms with van der Waals surface area (Å²) in [5, 5.41) is 15.8. The molecule has 0 saturated carbocycles. The molecule has 0 aliphatic heterocycles. The molecule has 0 fully saturated rings. The summed E-state index contributed by atoms with van der Waals surface area (Å²) in [5.74, 6) is 0. The molecule has 20 heavy (non-hydrogen) atoms. The zero-order valence-electron chi connectivity index (χ0n) is 12.8. The molecule has 0 amide bonds. The third-order valence-electron chi connectivity index (χ3n) is 3.17. The van der Waals surface area contributed by atoms with Crippen molar-refractivity contribution >= 4 is 10.9 Å². The molecule has 1 heterocycles. The van der Waals surface area contributed by atoms with E-state index in [1.807, 2.05) is 37.6 Å². The molecule has 2 rings (SSSR count). The molecule has 1 atom stereocenters. The Kier molecular flexibility index (Phi) is 4.45. The Labute approximate surface area is 120 Å². The summed E-state index contributed by atoms with van der Waals surface area (Å²) < 4.78 is 7.60. The molecule has 2 aromatic rings. The molecule has 0 radical (unpaired) electrons. The molecule has 1 aromatic heterocycles. The maximum absolute atomic E-state index is 10.1. The van der Waals surface area contributed by atoms with Gasteiger partial charge in [0.2, 0.25) is 0 Å². The maximum atomic E-state index is 10.1. The van der Waals surface area contributed by atoms with Gasteiger partial charge in [-0.1, -0.05) is 18.2 Å². The summed E-state index contributed by atoms with van der Waals surface area (Å²) in [6.45, 7) is 9.19.